The Bertz CT molecular complexity index is 799. The van der Waals surface area contributed by atoms with Gasteiger partial charge < -0.3 is 4.74 Å². The van der Waals surface area contributed by atoms with Gasteiger partial charge >= 0.3 is 5.69 Å². The van der Waals surface area contributed by atoms with Crippen LogP contribution in [0.3, 0.4) is 0 Å². The topological polar surface area (TPSA) is 52.3 Å². The van der Waals surface area contributed by atoms with Gasteiger partial charge in [0, 0.05) is 38.2 Å². The van der Waals surface area contributed by atoms with Gasteiger partial charge in [0.15, 0.2) is 0 Å². The monoisotopic (exact) mass is 348 g/mol. The van der Waals surface area contributed by atoms with Gasteiger partial charge in [-0.05, 0) is 44.5 Å². The maximum absolute atomic E-state index is 13.6. The molecule has 0 saturated carbocycles. The van der Waals surface area contributed by atoms with E-state index in [1.165, 1.54) is 16.8 Å². The smallest absolute Gasteiger partial charge is 0.345 e. The molecule has 0 bridgehead atoms. The van der Waals surface area contributed by atoms with Crippen molar-refractivity contribution < 1.29 is 9.13 Å². The molecule has 2 aromatic rings. The average Bonchev–Trinajstić information content (AvgIpc) is 2.90. The molecule has 1 aromatic heterocycles. The Morgan fingerprint density at radius 3 is 2.92 bits per heavy atom. The van der Waals surface area contributed by atoms with E-state index in [0.29, 0.717) is 18.8 Å². The Morgan fingerprint density at radius 2 is 2.20 bits per heavy atom. The molecule has 136 valence electrons. The first-order chi connectivity index (χ1) is 12.0. The third kappa shape index (κ3) is 3.61. The number of halogens is 1. The fourth-order valence-electron chi connectivity index (χ4n) is 3.64. The summed E-state index contributed by atoms with van der Waals surface area (Å²) in [7, 11) is 3.29. The van der Waals surface area contributed by atoms with Crippen molar-refractivity contribution in [2.45, 2.75) is 38.8 Å². The maximum atomic E-state index is 13.6. The number of rotatable bonds is 5. The summed E-state index contributed by atoms with van der Waals surface area (Å²) in [5.41, 5.74) is 0.776. The highest BCUT2D eigenvalue weighted by atomic mass is 19.1. The molecule has 25 heavy (non-hydrogen) atoms. The summed E-state index contributed by atoms with van der Waals surface area (Å²) in [5, 5.41) is 4.45. The summed E-state index contributed by atoms with van der Waals surface area (Å²) >= 11 is 0. The van der Waals surface area contributed by atoms with Crippen LogP contribution < -0.4 is 10.4 Å². The van der Waals surface area contributed by atoms with E-state index in [1.54, 1.807) is 24.8 Å². The second-order valence-corrected chi connectivity index (χ2v) is 6.54. The standard InChI is InChI=1S/C18H25FN4O2/c1-4-23-17(20-21(2)18(23)24)13-6-5-9-22(11-13)12-14-10-15(19)7-8-16(14)25-3/h7-8,10,13H,4-6,9,11-12H2,1-3H3. The lowest BCUT2D eigenvalue weighted by molar-refractivity contribution is 0.192. The Kier molecular flexibility index (Phi) is 5.22. The van der Waals surface area contributed by atoms with E-state index in [1.807, 2.05) is 6.92 Å². The number of benzene rings is 1. The van der Waals surface area contributed by atoms with E-state index < -0.39 is 0 Å². The van der Waals surface area contributed by atoms with Crippen LogP contribution in [0.5, 0.6) is 5.75 Å². The van der Waals surface area contributed by atoms with E-state index in [4.69, 9.17) is 4.74 Å². The average molecular weight is 348 g/mol. The molecule has 1 saturated heterocycles. The minimum Gasteiger partial charge on any atom is -0.496 e. The molecule has 3 rings (SSSR count). The SMILES string of the molecule is CCn1c(C2CCCN(Cc3cc(F)ccc3OC)C2)nn(C)c1=O. The van der Waals surface area contributed by atoms with Crippen LogP contribution in [0.4, 0.5) is 4.39 Å². The van der Waals surface area contributed by atoms with Crippen molar-refractivity contribution in [1.82, 2.24) is 19.2 Å². The number of hydrogen-bond acceptors (Lipinski definition) is 4. The number of aromatic nitrogens is 3. The zero-order valence-electron chi connectivity index (χ0n) is 15.0. The third-order valence-electron chi connectivity index (χ3n) is 4.86. The van der Waals surface area contributed by atoms with Crippen molar-refractivity contribution in [2.75, 3.05) is 20.2 Å². The molecule has 6 nitrogen and oxygen atoms in total. The number of aryl methyl sites for hydroxylation is 1. The van der Waals surface area contributed by atoms with Gasteiger partial charge in [0.25, 0.3) is 0 Å². The van der Waals surface area contributed by atoms with Crippen LogP contribution in [-0.2, 0) is 20.1 Å². The van der Waals surface area contributed by atoms with Crippen LogP contribution in [0, 0.1) is 5.82 Å². The fraction of sp³-hybridized carbons (Fsp3) is 0.556. The molecule has 0 spiro atoms. The molecule has 0 aliphatic carbocycles. The number of piperidine rings is 1. The predicted octanol–water partition coefficient (Wildman–Crippen LogP) is 2.13. The molecule has 1 atom stereocenters. The molecular weight excluding hydrogens is 323 g/mol. The van der Waals surface area contributed by atoms with Crippen molar-refractivity contribution in [3.8, 4) is 5.75 Å². The van der Waals surface area contributed by atoms with Crippen LogP contribution in [0.15, 0.2) is 23.0 Å². The van der Waals surface area contributed by atoms with E-state index in [2.05, 4.69) is 10.00 Å². The second-order valence-electron chi connectivity index (χ2n) is 6.54. The third-order valence-corrected chi connectivity index (χ3v) is 4.86. The van der Waals surface area contributed by atoms with Crippen molar-refractivity contribution in [2.24, 2.45) is 7.05 Å². The van der Waals surface area contributed by atoms with Crippen LogP contribution in [0.2, 0.25) is 0 Å². The molecule has 7 heteroatoms. The number of hydrogen-bond donors (Lipinski definition) is 0. The van der Waals surface area contributed by atoms with Gasteiger partial charge in [0.2, 0.25) is 0 Å². The first kappa shape index (κ1) is 17.7. The molecule has 0 amide bonds. The fourth-order valence-corrected chi connectivity index (χ4v) is 3.64. The first-order valence-corrected chi connectivity index (χ1v) is 8.72. The lowest BCUT2D eigenvalue weighted by Gasteiger charge is -2.32. The summed E-state index contributed by atoms with van der Waals surface area (Å²) < 4.78 is 22.1. The van der Waals surface area contributed by atoms with Gasteiger partial charge in [-0.25, -0.2) is 13.9 Å². The van der Waals surface area contributed by atoms with E-state index in [-0.39, 0.29) is 17.4 Å². The minimum absolute atomic E-state index is 0.0681. The van der Waals surface area contributed by atoms with Crippen molar-refractivity contribution in [1.29, 1.82) is 0 Å². The van der Waals surface area contributed by atoms with Gasteiger partial charge in [-0.15, -0.1) is 0 Å². The second kappa shape index (κ2) is 7.39. The molecule has 1 aliphatic rings. The van der Waals surface area contributed by atoms with E-state index >= 15 is 0 Å². The summed E-state index contributed by atoms with van der Waals surface area (Å²) in [4.78, 5) is 14.4. The van der Waals surface area contributed by atoms with Gasteiger partial charge in [0.1, 0.15) is 17.4 Å². The van der Waals surface area contributed by atoms with E-state index in [9.17, 15) is 9.18 Å². The Labute approximate surface area is 146 Å². The molecule has 1 aliphatic heterocycles. The normalized spacial score (nSPS) is 18.5. The molecule has 2 heterocycles. The highest BCUT2D eigenvalue weighted by Gasteiger charge is 2.27. The number of methoxy groups -OCH3 is 1. The van der Waals surface area contributed by atoms with E-state index in [0.717, 1.165) is 37.3 Å². The number of nitrogens with zero attached hydrogens (tertiary/aromatic N) is 4. The molecule has 1 aromatic carbocycles. The molecule has 0 N–H and O–H groups in total. The number of likely N-dealkylation sites (tertiary alicyclic amines) is 1. The van der Waals surface area contributed by atoms with Gasteiger partial charge in [0.05, 0.1) is 7.11 Å². The lowest BCUT2D eigenvalue weighted by Crippen LogP contribution is -2.35. The minimum atomic E-state index is -0.256. The maximum Gasteiger partial charge on any atom is 0.345 e. The van der Waals surface area contributed by atoms with Crippen LogP contribution in [-0.4, -0.2) is 39.4 Å². The van der Waals surface area contributed by atoms with Gasteiger partial charge in [-0.1, -0.05) is 0 Å². The Hall–Kier alpha value is -2.15. The first-order valence-electron chi connectivity index (χ1n) is 8.72. The molecular formula is C18H25FN4O2. The van der Waals surface area contributed by atoms with Crippen molar-refractivity contribution >= 4 is 0 Å². The molecule has 1 fully saturated rings. The van der Waals surface area contributed by atoms with Gasteiger partial charge in [-0.3, -0.25) is 9.47 Å². The zero-order chi connectivity index (χ0) is 18.0. The van der Waals surface area contributed by atoms with Crippen LogP contribution in [0.25, 0.3) is 0 Å². The van der Waals surface area contributed by atoms with Gasteiger partial charge in [-0.2, -0.15) is 5.10 Å². The largest absolute Gasteiger partial charge is 0.496 e. The summed E-state index contributed by atoms with van der Waals surface area (Å²) in [5.74, 6) is 1.51. The molecule has 0 radical (unpaired) electrons. The van der Waals surface area contributed by atoms with Crippen molar-refractivity contribution in [3.05, 3.63) is 45.9 Å². The Balaban J connectivity index is 1.79. The quantitative estimate of drug-likeness (QED) is 0.831. The van der Waals surface area contributed by atoms with Crippen LogP contribution in [0.1, 0.15) is 37.1 Å². The highest BCUT2D eigenvalue weighted by molar-refractivity contribution is 5.34. The molecule has 1 unspecified atom stereocenters. The summed E-state index contributed by atoms with van der Waals surface area (Å²) in [6.07, 6.45) is 2.03. The van der Waals surface area contributed by atoms with Crippen LogP contribution >= 0.6 is 0 Å². The summed E-state index contributed by atoms with van der Waals surface area (Å²) in [6, 6.07) is 4.61. The highest BCUT2D eigenvalue weighted by Crippen LogP contribution is 2.28. The lowest BCUT2D eigenvalue weighted by atomic mass is 9.96. The predicted molar refractivity (Wildman–Crippen MR) is 93.3 cm³/mol. The Morgan fingerprint density at radius 1 is 1.40 bits per heavy atom. The zero-order valence-corrected chi connectivity index (χ0v) is 15.0. The summed E-state index contributed by atoms with van der Waals surface area (Å²) in [6.45, 7) is 4.96. The number of ether oxygens (including phenoxy) is 1. The van der Waals surface area contributed by atoms with Crippen molar-refractivity contribution in [3.63, 3.8) is 0 Å².